The summed E-state index contributed by atoms with van der Waals surface area (Å²) < 4.78 is 0. The molecule has 1 amide bonds. The number of carbonyl (C=O) groups is 1. The van der Waals surface area contributed by atoms with E-state index < -0.39 is 0 Å². The maximum absolute atomic E-state index is 11.7. The van der Waals surface area contributed by atoms with E-state index in [1.165, 1.54) is 0 Å². The molecule has 1 aliphatic carbocycles. The molecule has 15 heavy (non-hydrogen) atoms. The monoisotopic (exact) mass is 213 g/mol. The molecular weight excluding hydrogens is 190 g/mol. The van der Waals surface area contributed by atoms with Crippen LogP contribution in [0.2, 0.25) is 0 Å². The summed E-state index contributed by atoms with van der Waals surface area (Å²) in [6.45, 7) is 2.36. The van der Waals surface area contributed by atoms with E-state index in [2.05, 4.69) is 24.3 Å². The highest BCUT2D eigenvalue weighted by atomic mass is 16.2. The van der Waals surface area contributed by atoms with Crippen molar-refractivity contribution in [2.45, 2.75) is 25.7 Å². The van der Waals surface area contributed by atoms with Gasteiger partial charge in [-0.15, -0.1) is 0 Å². The molecule has 0 heterocycles. The lowest BCUT2D eigenvalue weighted by Gasteiger charge is -2.13. The predicted octanol–water partition coefficient (Wildman–Crippen LogP) is 0.183. The van der Waals surface area contributed by atoms with E-state index in [1.807, 2.05) is 0 Å². The zero-order chi connectivity index (χ0) is 11.3. The fraction of sp³-hybridized carbons (Fsp3) is 0.909. The molecule has 0 aromatic heterocycles. The van der Waals surface area contributed by atoms with Crippen molar-refractivity contribution in [2.24, 2.45) is 11.1 Å². The van der Waals surface area contributed by atoms with Gasteiger partial charge in [-0.1, -0.05) is 0 Å². The van der Waals surface area contributed by atoms with Crippen LogP contribution in [0.4, 0.5) is 0 Å². The van der Waals surface area contributed by atoms with Crippen LogP contribution in [0.3, 0.4) is 0 Å². The molecule has 0 radical (unpaired) electrons. The standard InChI is InChI=1S/C11H23N3O/c1-14(2)8-4-3-7-13-10(15)11(9-12)5-6-11/h3-9,12H2,1-2H3,(H,13,15). The Morgan fingerprint density at radius 3 is 2.53 bits per heavy atom. The first-order chi connectivity index (χ1) is 7.10. The van der Waals surface area contributed by atoms with Crippen molar-refractivity contribution in [3.05, 3.63) is 0 Å². The van der Waals surface area contributed by atoms with Gasteiger partial charge in [0.1, 0.15) is 0 Å². The summed E-state index contributed by atoms with van der Waals surface area (Å²) in [5, 5.41) is 2.97. The van der Waals surface area contributed by atoms with Crippen LogP contribution in [0.15, 0.2) is 0 Å². The lowest BCUT2D eigenvalue weighted by Crippen LogP contribution is -2.37. The van der Waals surface area contributed by atoms with E-state index in [0.717, 1.165) is 38.8 Å². The fourth-order valence-corrected chi connectivity index (χ4v) is 1.62. The van der Waals surface area contributed by atoms with Crippen molar-refractivity contribution in [3.63, 3.8) is 0 Å². The smallest absolute Gasteiger partial charge is 0.227 e. The average Bonchev–Trinajstić information content (AvgIpc) is 2.97. The van der Waals surface area contributed by atoms with Gasteiger partial charge in [0.15, 0.2) is 0 Å². The number of carbonyl (C=O) groups excluding carboxylic acids is 1. The summed E-state index contributed by atoms with van der Waals surface area (Å²) in [6, 6.07) is 0. The maximum atomic E-state index is 11.7. The van der Waals surface area contributed by atoms with Crippen molar-refractivity contribution in [1.82, 2.24) is 10.2 Å². The van der Waals surface area contributed by atoms with Crippen LogP contribution in [0.1, 0.15) is 25.7 Å². The SMILES string of the molecule is CN(C)CCCCNC(=O)C1(CN)CC1. The van der Waals surface area contributed by atoms with Gasteiger partial charge in [0.25, 0.3) is 0 Å². The van der Waals surface area contributed by atoms with Crippen LogP contribution in [-0.2, 0) is 4.79 Å². The summed E-state index contributed by atoms with van der Waals surface area (Å²) in [4.78, 5) is 13.8. The van der Waals surface area contributed by atoms with E-state index in [-0.39, 0.29) is 11.3 Å². The van der Waals surface area contributed by atoms with Crippen LogP contribution in [0, 0.1) is 5.41 Å². The molecule has 4 nitrogen and oxygen atoms in total. The minimum absolute atomic E-state index is 0.162. The highest BCUT2D eigenvalue weighted by Gasteiger charge is 2.48. The number of nitrogens with zero attached hydrogens (tertiary/aromatic N) is 1. The summed E-state index contributed by atoms with van der Waals surface area (Å²) in [6.07, 6.45) is 4.10. The van der Waals surface area contributed by atoms with E-state index in [0.29, 0.717) is 6.54 Å². The number of nitrogens with two attached hydrogens (primary N) is 1. The summed E-state index contributed by atoms with van der Waals surface area (Å²) in [5.74, 6) is 0.162. The average molecular weight is 213 g/mol. The molecule has 1 saturated carbocycles. The second-order valence-corrected chi connectivity index (χ2v) is 4.75. The lowest BCUT2D eigenvalue weighted by molar-refractivity contribution is -0.125. The zero-order valence-corrected chi connectivity index (χ0v) is 9.88. The molecule has 0 aromatic rings. The van der Waals surface area contributed by atoms with E-state index in [9.17, 15) is 4.79 Å². The van der Waals surface area contributed by atoms with Gasteiger partial charge in [0.05, 0.1) is 5.41 Å². The molecule has 0 unspecified atom stereocenters. The number of nitrogens with one attached hydrogen (secondary N) is 1. The van der Waals surface area contributed by atoms with Crippen molar-refractivity contribution < 1.29 is 4.79 Å². The Hall–Kier alpha value is -0.610. The molecule has 0 bridgehead atoms. The minimum Gasteiger partial charge on any atom is -0.356 e. The van der Waals surface area contributed by atoms with Gasteiger partial charge in [-0.25, -0.2) is 0 Å². The Bertz CT molecular complexity index is 212. The van der Waals surface area contributed by atoms with Crippen LogP contribution in [0.25, 0.3) is 0 Å². The van der Waals surface area contributed by atoms with Crippen LogP contribution < -0.4 is 11.1 Å². The van der Waals surface area contributed by atoms with Crippen molar-refractivity contribution in [1.29, 1.82) is 0 Å². The molecule has 0 saturated heterocycles. The van der Waals surface area contributed by atoms with Gasteiger partial charge in [-0.3, -0.25) is 4.79 Å². The number of rotatable bonds is 7. The molecule has 1 rings (SSSR count). The van der Waals surface area contributed by atoms with Crippen LogP contribution >= 0.6 is 0 Å². The maximum Gasteiger partial charge on any atom is 0.227 e. The molecule has 1 aliphatic rings. The molecule has 0 aromatic carbocycles. The number of hydrogen-bond acceptors (Lipinski definition) is 3. The Balaban J connectivity index is 2.03. The van der Waals surface area contributed by atoms with E-state index in [4.69, 9.17) is 5.73 Å². The number of hydrogen-bond donors (Lipinski definition) is 2. The Labute approximate surface area is 92.2 Å². The molecule has 4 heteroatoms. The second-order valence-electron chi connectivity index (χ2n) is 4.75. The summed E-state index contributed by atoms with van der Waals surface area (Å²) in [5.41, 5.74) is 5.38. The van der Waals surface area contributed by atoms with Crippen LogP contribution in [0.5, 0.6) is 0 Å². The van der Waals surface area contributed by atoms with Gasteiger partial charge in [0, 0.05) is 13.1 Å². The Morgan fingerprint density at radius 2 is 2.07 bits per heavy atom. The Morgan fingerprint density at radius 1 is 1.40 bits per heavy atom. The highest BCUT2D eigenvalue weighted by Crippen LogP contribution is 2.44. The third-order valence-electron chi connectivity index (χ3n) is 3.04. The van der Waals surface area contributed by atoms with Crippen molar-refractivity contribution in [2.75, 3.05) is 33.7 Å². The fourth-order valence-electron chi connectivity index (χ4n) is 1.62. The third-order valence-corrected chi connectivity index (χ3v) is 3.04. The topological polar surface area (TPSA) is 58.4 Å². The number of unbranched alkanes of at least 4 members (excludes halogenated alkanes) is 1. The van der Waals surface area contributed by atoms with Crippen molar-refractivity contribution in [3.8, 4) is 0 Å². The van der Waals surface area contributed by atoms with Gasteiger partial charge in [-0.05, 0) is 46.3 Å². The van der Waals surface area contributed by atoms with E-state index >= 15 is 0 Å². The minimum atomic E-state index is -0.193. The van der Waals surface area contributed by atoms with Gasteiger partial charge < -0.3 is 16.0 Å². The predicted molar refractivity (Wildman–Crippen MR) is 61.5 cm³/mol. The Kier molecular flexibility index (Phi) is 4.54. The number of amides is 1. The zero-order valence-electron chi connectivity index (χ0n) is 9.88. The summed E-state index contributed by atoms with van der Waals surface area (Å²) >= 11 is 0. The van der Waals surface area contributed by atoms with Gasteiger partial charge >= 0.3 is 0 Å². The first kappa shape index (κ1) is 12.5. The van der Waals surface area contributed by atoms with Crippen LogP contribution in [-0.4, -0.2) is 44.5 Å². The molecule has 0 aliphatic heterocycles. The molecule has 1 fully saturated rings. The van der Waals surface area contributed by atoms with E-state index in [1.54, 1.807) is 0 Å². The summed E-state index contributed by atoms with van der Waals surface area (Å²) in [7, 11) is 4.12. The molecule has 0 atom stereocenters. The second kappa shape index (κ2) is 5.47. The molecule has 88 valence electrons. The first-order valence-electron chi connectivity index (χ1n) is 5.74. The lowest BCUT2D eigenvalue weighted by atomic mass is 10.1. The molecule has 3 N–H and O–H groups in total. The first-order valence-corrected chi connectivity index (χ1v) is 5.74. The van der Waals surface area contributed by atoms with Gasteiger partial charge in [0.2, 0.25) is 5.91 Å². The highest BCUT2D eigenvalue weighted by molar-refractivity contribution is 5.85. The normalized spacial score (nSPS) is 17.9. The largest absolute Gasteiger partial charge is 0.356 e. The molecular formula is C11H23N3O. The van der Waals surface area contributed by atoms with Crippen molar-refractivity contribution >= 4 is 5.91 Å². The third kappa shape index (κ3) is 3.80. The van der Waals surface area contributed by atoms with Gasteiger partial charge in [-0.2, -0.15) is 0 Å². The molecule has 0 spiro atoms. The quantitative estimate of drug-likeness (QED) is 0.593.